The summed E-state index contributed by atoms with van der Waals surface area (Å²) in [6, 6.07) is 6.24. The topological polar surface area (TPSA) is 107 Å². The first-order valence-electron chi connectivity index (χ1n) is 9.16. The number of benzene rings is 1. The fourth-order valence-corrected chi connectivity index (χ4v) is 3.54. The van der Waals surface area contributed by atoms with E-state index in [0.29, 0.717) is 36.4 Å². The van der Waals surface area contributed by atoms with E-state index in [2.05, 4.69) is 20.2 Å². The van der Waals surface area contributed by atoms with Crippen molar-refractivity contribution in [3.05, 3.63) is 47.3 Å². The predicted octanol–water partition coefficient (Wildman–Crippen LogP) is 1.31. The van der Waals surface area contributed by atoms with E-state index in [-0.39, 0.29) is 30.9 Å². The zero-order chi connectivity index (χ0) is 19.7. The summed E-state index contributed by atoms with van der Waals surface area (Å²) < 4.78 is 18.7. The number of β-amino-alcohol motifs (C(OH)–C–C–N with tert-alkyl or cyclic N) is 1. The number of aliphatic hydroxyl groups excluding tert-OH is 1. The molecule has 1 amide bonds. The van der Waals surface area contributed by atoms with Gasteiger partial charge in [-0.25, -0.2) is 9.37 Å². The first-order valence-corrected chi connectivity index (χ1v) is 9.16. The molecule has 148 valence electrons. The third kappa shape index (κ3) is 4.05. The third-order valence-electron chi connectivity index (χ3n) is 4.95. The molecule has 8 nitrogen and oxygen atoms in total. The molecule has 0 aliphatic carbocycles. The first kappa shape index (κ1) is 18.6. The fourth-order valence-electron chi connectivity index (χ4n) is 3.54. The number of halogens is 1. The van der Waals surface area contributed by atoms with Gasteiger partial charge in [-0.15, -0.1) is 0 Å². The number of carbonyl (C=O) groups excluding carboxylic acids is 1. The Bertz CT molecular complexity index is 985. The SMILES string of the molecule is Cc1cc(C[C@@H]2CN(C(=O)COCc3nc4ccc(F)cc4[nH]3)C[C@@H]2O)n[nH]1. The van der Waals surface area contributed by atoms with Crippen LogP contribution in [0.3, 0.4) is 0 Å². The monoisotopic (exact) mass is 387 g/mol. The normalized spacial score (nSPS) is 19.6. The van der Waals surface area contributed by atoms with Crippen molar-refractivity contribution in [2.45, 2.75) is 26.1 Å². The Morgan fingerprint density at radius 2 is 2.25 bits per heavy atom. The number of ether oxygens (including phenoxy) is 1. The van der Waals surface area contributed by atoms with Crippen molar-refractivity contribution in [2.24, 2.45) is 5.92 Å². The molecule has 28 heavy (non-hydrogen) atoms. The van der Waals surface area contributed by atoms with Gasteiger partial charge in [0.25, 0.3) is 0 Å². The molecule has 1 aromatic carbocycles. The van der Waals surface area contributed by atoms with Crippen molar-refractivity contribution < 1.29 is 19.0 Å². The number of nitrogens with zero attached hydrogens (tertiary/aromatic N) is 3. The number of fused-ring (bicyclic) bond motifs is 1. The molecule has 0 radical (unpaired) electrons. The van der Waals surface area contributed by atoms with Crippen molar-refractivity contribution in [3.63, 3.8) is 0 Å². The molecule has 3 N–H and O–H groups in total. The van der Waals surface area contributed by atoms with Crippen LogP contribution in [0.15, 0.2) is 24.3 Å². The van der Waals surface area contributed by atoms with Gasteiger partial charge >= 0.3 is 0 Å². The molecule has 0 unspecified atom stereocenters. The molecule has 3 aromatic rings. The number of amides is 1. The van der Waals surface area contributed by atoms with Crippen LogP contribution in [0.2, 0.25) is 0 Å². The molecule has 0 saturated carbocycles. The highest BCUT2D eigenvalue weighted by atomic mass is 19.1. The number of hydrogen-bond acceptors (Lipinski definition) is 5. The van der Waals surface area contributed by atoms with E-state index >= 15 is 0 Å². The molecule has 2 aromatic heterocycles. The van der Waals surface area contributed by atoms with Gasteiger partial charge in [0.2, 0.25) is 5.91 Å². The Hall–Kier alpha value is -2.78. The molecule has 0 bridgehead atoms. The number of aryl methyl sites for hydroxylation is 1. The lowest BCUT2D eigenvalue weighted by molar-refractivity contribution is -0.136. The number of carbonyl (C=O) groups is 1. The maximum absolute atomic E-state index is 13.2. The van der Waals surface area contributed by atoms with Gasteiger partial charge in [-0.05, 0) is 37.6 Å². The second-order valence-electron chi connectivity index (χ2n) is 7.21. The second kappa shape index (κ2) is 7.69. The van der Waals surface area contributed by atoms with E-state index in [0.717, 1.165) is 11.4 Å². The largest absolute Gasteiger partial charge is 0.391 e. The Morgan fingerprint density at radius 1 is 1.39 bits per heavy atom. The number of aliphatic hydroxyl groups is 1. The van der Waals surface area contributed by atoms with Crippen LogP contribution >= 0.6 is 0 Å². The molecule has 2 atom stereocenters. The van der Waals surface area contributed by atoms with E-state index in [1.807, 2.05) is 13.0 Å². The molecule has 9 heteroatoms. The maximum atomic E-state index is 13.2. The van der Waals surface area contributed by atoms with Crippen molar-refractivity contribution in [3.8, 4) is 0 Å². The van der Waals surface area contributed by atoms with Crippen LogP contribution in [0.4, 0.5) is 4.39 Å². The van der Waals surface area contributed by atoms with Gasteiger partial charge in [0.15, 0.2) is 0 Å². The van der Waals surface area contributed by atoms with Crippen molar-refractivity contribution in [1.29, 1.82) is 0 Å². The Morgan fingerprint density at radius 3 is 3.04 bits per heavy atom. The van der Waals surface area contributed by atoms with E-state index in [4.69, 9.17) is 4.74 Å². The highest BCUT2D eigenvalue weighted by Gasteiger charge is 2.34. The van der Waals surface area contributed by atoms with Crippen molar-refractivity contribution in [2.75, 3.05) is 19.7 Å². The summed E-state index contributed by atoms with van der Waals surface area (Å²) in [6.45, 7) is 2.70. The van der Waals surface area contributed by atoms with Gasteiger partial charge in [-0.2, -0.15) is 5.10 Å². The summed E-state index contributed by atoms with van der Waals surface area (Å²) in [7, 11) is 0. The Balaban J connectivity index is 1.27. The number of aromatic amines is 2. The summed E-state index contributed by atoms with van der Waals surface area (Å²) in [5.74, 6) is -0.0357. The molecule has 4 rings (SSSR count). The average molecular weight is 387 g/mol. The number of imidazole rings is 1. The third-order valence-corrected chi connectivity index (χ3v) is 4.95. The molecular weight excluding hydrogens is 365 g/mol. The van der Waals surface area contributed by atoms with E-state index in [1.165, 1.54) is 12.1 Å². The Labute approximate surface area is 160 Å². The van der Waals surface area contributed by atoms with E-state index < -0.39 is 6.10 Å². The molecule has 1 saturated heterocycles. The molecule has 1 aliphatic heterocycles. The summed E-state index contributed by atoms with van der Waals surface area (Å²) in [5.41, 5.74) is 3.08. The second-order valence-corrected chi connectivity index (χ2v) is 7.21. The van der Waals surface area contributed by atoms with Gasteiger partial charge in [0.05, 0.1) is 22.8 Å². The minimum absolute atomic E-state index is 0.0445. The fraction of sp³-hybridized carbons (Fsp3) is 0.421. The van der Waals surface area contributed by atoms with Crippen LogP contribution in [-0.4, -0.2) is 61.9 Å². The van der Waals surface area contributed by atoms with Crippen LogP contribution in [0.1, 0.15) is 17.2 Å². The van der Waals surface area contributed by atoms with Crippen molar-refractivity contribution in [1.82, 2.24) is 25.1 Å². The maximum Gasteiger partial charge on any atom is 0.248 e. The molecule has 1 aliphatic rings. The minimum Gasteiger partial charge on any atom is -0.391 e. The van der Waals surface area contributed by atoms with Crippen LogP contribution in [0, 0.1) is 18.7 Å². The van der Waals surface area contributed by atoms with Gasteiger partial charge in [-0.1, -0.05) is 0 Å². The predicted molar refractivity (Wildman–Crippen MR) is 98.8 cm³/mol. The number of hydrogen-bond donors (Lipinski definition) is 3. The van der Waals surface area contributed by atoms with E-state index in [1.54, 1.807) is 11.0 Å². The minimum atomic E-state index is -0.578. The number of nitrogens with one attached hydrogen (secondary N) is 2. The summed E-state index contributed by atoms with van der Waals surface area (Å²) in [6.07, 6.45) is 0.0392. The smallest absolute Gasteiger partial charge is 0.248 e. The van der Waals surface area contributed by atoms with Gasteiger partial charge in [-0.3, -0.25) is 9.89 Å². The zero-order valence-electron chi connectivity index (χ0n) is 15.5. The highest BCUT2D eigenvalue weighted by Crippen LogP contribution is 2.21. The number of rotatable bonds is 6. The summed E-state index contributed by atoms with van der Waals surface area (Å²) in [5, 5.41) is 17.3. The van der Waals surface area contributed by atoms with Gasteiger partial charge in [0.1, 0.15) is 24.9 Å². The quantitative estimate of drug-likeness (QED) is 0.591. The van der Waals surface area contributed by atoms with E-state index in [9.17, 15) is 14.3 Å². The lowest BCUT2D eigenvalue weighted by Gasteiger charge is -2.15. The zero-order valence-corrected chi connectivity index (χ0v) is 15.5. The van der Waals surface area contributed by atoms with Gasteiger partial charge < -0.3 is 19.7 Å². The Kier molecular flexibility index (Phi) is 5.10. The van der Waals surface area contributed by atoms with Gasteiger partial charge in [0, 0.05) is 24.7 Å². The van der Waals surface area contributed by atoms with Crippen LogP contribution in [0.25, 0.3) is 11.0 Å². The standard InChI is InChI=1S/C19H22FN5O3/c1-11-4-14(24-23-11)5-12-7-25(8-17(12)26)19(27)10-28-9-18-21-15-3-2-13(20)6-16(15)22-18/h2-4,6,12,17,26H,5,7-10H2,1H3,(H,21,22)(H,23,24)/t12-,17+/m1/s1. The first-order chi connectivity index (χ1) is 13.5. The summed E-state index contributed by atoms with van der Waals surface area (Å²) >= 11 is 0. The number of aromatic nitrogens is 4. The summed E-state index contributed by atoms with van der Waals surface area (Å²) in [4.78, 5) is 21.3. The van der Waals surface area contributed by atoms with Crippen LogP contribution < -0.4 is 0 Å². The number of H-pyrrole nitrogens is 2. The molecule has 1 fully saturated rings. The number of likely N-dealkylation sites (tertiary alicyclic amines) is 1. The van der Waals surface area contributed by atoms with Crippen LogP contribution in [0.5, 0.6) is 0 Å². The van der Waals surface area contributed by atoms with Crippen molar-refractivity contribution >= 4 is 16.9 Å². The van der Waals surface area contributed by atoms with Crippen LogP contribution in [-0.2, 0) is 22.6 Å². The lowest BCUT2D eigenvalue weighted by atomic mass is 10.0. The lowest BCUT2D eigenvalue weighted by Crippen LogP contribution is -2.32. The molecular formula is C19H22FN5O3. The molecule has 3 heterocycles. The molecule has 0 spiro atoms. The average Bonchev–Trinajstić information content (AvgIpc) is 3.34. The highest BCUT2D eigenvalue weighted by molar-refractivity contribution is 5.78.